The molecule has 1 fully saturated rings. The number of anilines is 3. The minimum absolute atomic E-state index is 0.145. The standard InChI is InChI=1S/C23H23N5O3/c1-16(29)26-19-3-5-20(6-4-19)27-23(30)17-8-9-24-21(14-17)18-2-7-22(25-15-18)28-10-12-31-13-11-28/h2-9,14-15H,10-13H2,1H3,(H,26,29)(H,27,30). The highest BCUT2D eigenvalue weighted by Crippen LogP contribution is 2.21. The molecule has 0 bridgehead atoms. The van der Waals surface area contributed by atoms with E-state index in [2.05, 4.69) is 25.5 Å². The van der Waals surface area contributed by atoms with Crippen molar-refractivity contribution in [3.8, 4) is 11.3 Å². The first-order chi connectivity index (χ1) is 15.1. The Hall–Kier alpha value is -3.78. The molecule has 0 atom stereocenters. The van der Waals surface area contributed by atoms with E-state index in [0.29, 0.717) is 35.8 Å². The van der Waals surface area contributed by atoms with E-state index in [1.807, 2.05) is 12.1 Å². The first-order valence-electron chi connectivity index (χ1n) is 10.0. The highest BCUT2D eigenvalue weighted by atomic mass is 16.5. The molecule has 3 aromatic rings. The number of amides is 2. The Balaban J connectivity index is 1.45. The highest BCUT2D eigenvalue weighted by molar-refractivity contribution is 6.04. The molecule has 1 aliphatic rings. The molecule has 0 aliphatic carbocycles. The molecule has 1 aromatic carbocycles. The summed E-state index contributed by atoms with van der Waals surface area (Å²) < 4.78 is 5.38. The smallest absolute Gasteiger partial charge is 0.255 e. The lowest BCUT2D eigenvalue weighted by Crippen LogP contribution is -2.36. The summed E-state index contributed by atoms with van der Waals surface area (Å²) in [6.45, 7) is 4.51. The summed E-state index contributed by atoms with van der Waals surface area (Å²) in [6, 6.07) is 14.3. The fourth-order valence-electron chi connectivity index (χ4n) is 3.29. The van der Waals surface area contributed by atoms with Crippen LogP contribution in [0, 0.1) is 0 Å². The molecule has 31 heavy (non-hydrogen) atoms. The average molecular weight is 417 g/mol. The molecular weight excluding hydrogens is 394 g/mol. The van der Waals surface area contributed by atoms with E-state index < -0.39 is 0 Å². The van der Waals surface area contributed by atoms with E-state index in [1.54, 1.807) is 48.8 Å². The number of morpholine rings is 1. The van der Waals surface area contributed by atoms with Crippen molar-refractivity contribution >= 4 is 29.0 Å². The lowest BCUT2D eigenvalue weighted by molar-refractivity contribution is -0.114. The van der Waals surface area contributed by atoms with Gasteiger partial charge in [-0.05, 0) is 48.5 Å². The van der Waals surface area contributed by atoms with Gasteiger partial charge in [-0.2, -0.15) is 0 Å². The lowest BCUT2D eigenvalue weighted by Gasteiger charge is -2.27. The van der Waals surface area contributed by atoms with Gasteiger partial charge in [0.15, 0.2) is 0 Å². The number of carbonyl (C=O) groups excluding carboxylic acids is 2. The van der Waals surface area contributed by atoms with Gasteiger partial charge in [-0.3, -0.25) is 14.6 Å². The SMILES string of the molecule is CC(=O)Nc1ccc(NC(=O)c2ccnc(-c3ccc(N4CCOCC4)nc3)c2)cc1. The van der Waals surface area contributed by atoms with Crippen molar-refractivity contribution in [3.63, 3.8) is 0 Å². The number of nitrogens with zero attached hydrogens (tertiary/aromatic N) is 3. The molecule has 0 spiro atoms. The van der Waals surface area contributed by atoms with Gasteiger partial charge in [0.05, 0.1) is 18.9 Å². The monoisotopic (exact) mass is 417 g/mol. The number of ether oxygens (including phenoxy) is 1. The third-order valence-corrected chi connectivity index (χ3v) is 4.86. The predicted molar refractivity (Wildman–Crippen MR) is 119 cm³/mol. The number of carbonyl (C=O) groups is 2. The first-order valence-corrected chi connectivity index (χ1v) is 10.0. The van der Waals surface area contributed by atoms with Crippen LogP contribution in [-0.2, 0) is 9.53 Å². The molecule has 4 rings (SSSR count). The van der Waals surface area contributed by atoms with Gasteiger partial charge in [-0.15, -0.1) is 0 Å². The van der Waals surface area contributed by atoms with Crippen LogP contribution in [0.25, 0.3) is 11.3 Å². The summed E-state index contributed by atoms with van der Waals surface area (Å²) in [5, 5.41) is 5.55. The fraction of sp³-hybridized carbons (Fsp3) is 0.217. The Morgan fingerprint density at radius 3 is 2.29 bits per heavy atom. The summed E-state index contributed by atoms with van der Waals surface area (Å²) >= 11 is 0. The topological polar surface area (TPSA) is 96.5 Å². The summed E-state index contributed by atoms with van der Waals surface area (Å²) in [5.74, 6) is 0.519. The summed E-state index contributed by atoms with van der Waals surface area (Å²) in [6.07, 6.45) is 3.38. The molecule has 0 unspecified atom stereocenters. The Bertz CT molecular complexity index is 1060. The third kappa shape index (κ3) is 5.23. The van der Waals surface area contributed by atoms with Crippen molar-refractivity contribution in [1.82, 2.24) is 9.97 Å². The van der Waals surface area contributed by atoms with Gasteiger partial charge < -0.3 is 20.3 Å². The molecule has 0 saturated carbocycles. The number of rotatable bonds is 5. The zero-order valence-corrected chi connectivity index (χ0v) is 17.2. The van der Waals surface area contributed by atoms with E-state index in [-0.39, 0.29) is 11.8 Å². The second-order valence-corrected chi connectivity index (χ2v) is 7.15. The Labute approximate surface area is 180 Å². The summed E-state index contributed by atoms with van der Waals surface area (Å²) in [5.41, 5.74) is 3.31. The van der Waals surface area contributed by atoms with Crippen LogP contribution in [0.15, 0.2) is 60.9 Å². The quantitative estimate of drug-likeness (QED) is 0.662. The van der Waals surface area contributed by atoms with Gasteiger partial charge in [-0.1, -0.05) is 0 Å². The minimum Gasteiger partial charge on any atom is -0.378 e. The van der Waals surface area contributed by atoms with Crippen LogP contribution in [0.2, 0.25) is 0 Å². The first kappa shape index (κ1) is 20.5. The molecule has 8 heteroatoms. The van der Waals surface area contributed by atoms with Crippen LogP contribution >= 0.6 is 0 Å². The maximum atomic E-state index is 12.7. The molecule has 2 N–H and O–H groups in total. The summed E-state index contributed by atoms with van der Waals surface area (Å²) in [4.78, 5) is 34.9. The molecule has 1 saturated heterocycles. The molecule has 2 amide bonds. The predicted octanol–water partition coefficient (Wildman–Crippen LogP) is 3.19. The Kier molecular flexibility index (Phi) is 6.18. The van der Waals surface area contributed by atoms with E-state index in [9.17, 15) is 9.59 Å². The van der Waals surface area contributed by atoms with Crippen molar-refractivity contribution in [2.75, 3.05) is 41.8 Å². The van der Waals surface area contributed by atoms with Gasteiger partial charge >= 0.3 is 0 Å². The number of hydrogen-bond donors (Lipinski definition) is 2. The second kappa shape index (κ2) is 9.36. The molecule has 2 aromatic heterocycles. The van der Waals surface area contributed by atoms with Gasteiger partial charge in [-0.25, -0.2) is 4.98 Å². The minimum atomic E-state index is -0.242. The zero-order chi connectivity index (χ0) is 21.6. The third-order valence-electron chi connectivity index (χ3n) is 4.86. The molecule has 8 nitrogen and oxygen atoms in total. The molecule has 0 radical (unpaired) electrons. The maximum Gasteiger partial charge on any atom is 0.255 e. The lowest BCUT2D eigenvalue weighted by atomic mass is 10.1. The van der Waals surface area contributed by atoms with E-state index in [0.717, 1.165) is 24.5 Å². The Morgan fingerprint density at radius 1 is 0.935 bits per heavy atom. The van der Waals surface area contributed by atoms with Crippen LogP contribution in [0.5, 0.6) is 0 Å². The van der Waals surface area contributed by atoms with E-state index in [1.165, 1.54) is 6.92 Å². The molecule has 158 valence electrons. The van der Waals surface area contributed by atoms with Gasteiger partial charge in [0, 0.05) is 54.9 Å². The number of benzene rings is 1. The normalized spacial score (nSPS) is 13.5. The average Bonchev–Trinajstić information content (AvgIpc) is 2.81. The zero-order valence-electron chi connectivity index (χ0n) is 17.2. The van der Waals surface area contributed by atoms with Crippen LogP contribution in [-0.4, -0.2) is 48.1 Å². The largest absolute Gasteiger partial charge is 0.378 e. The van der Waals surface area contributed by atoms with E-state index in [4.69, 9.17) is 4.74 Å². The second-order valence-electron chi connectivity index (χ2n) is 7.15. The van der Waals surface area contributed by atoms with Gasteiger partial charge in [0.2, 0.25) is 5.91 Å². The van der Waals surface area contributed by atoms with E-state index >= 15 is 0 Å². The molecular formula is C23H23N5O3. The Morgan fingerprint density at radius 2 is 1.65 bits per heavy atom. The molecule has 3 heterocycles. The van der Waals surface area contributed by atoms with Crippen molar-refractivity contribution in [3.05, 3.63) is 66.5 Å². The van der Waals surface area contributed by atoms with Crippen molar-refractivity contribution in [2.45, 2.75) is 6.92 Å². The van der Waals surface area contributed by atoms with Crippen LogP contribution in [0.4, 0.5) is 17.2 Å². The number of pyridine rings is 2. The van der Waals surface area contributed by atoms with Crippen LogP contribution < -0.4 is 15.5 Å². The van der Waals surface area contributed by atoms with Crippen molar-refractivity contribution in [1.29, 1.82) is 0 Å². The van der Waals surface area contributed by atoms with Crippen molar-refractivity contribution < 1.29 is 14.3 Å². The molecule has 1 aliphatic heterocycles. The van der Waals surface area contributed by atoms with Crippen LogP contribution in [0.3, 0.4) is 0 Å². The highest BCUT2D eigenvalue weighted by Gasteiger charge is 2.13. The number of nitrogens with one attached hydrogen (secondary N) is 2. The maximum absolute atomic E-state index is 12.7. The van der Waals surface area contributed by atoms with Gasteiger partial charge in [0.25, 0.3) is 5.91 Å². The fourth-order valence-corrected chi connectivity index (χ4v) is 3.29. The van der Waals surface area contributed by atoms with Gasteiger partial charge in [0.1, 0.15) is 5.82 Å². The number of aromatic nitrogens is 2. The summed E-state index contributed by atoms with van der Waals surface area (Å²) in [7, 11) is 0. The van der Waals surface area contributed by atoms with Crippen LogP contribution in [0.1, 0.15) is 17.3 Å². The number of hydrogen-bond acceptors (Lipinski definition) is 6. The van der Waals surface area contributed by atoms with Crippen molar-refractivity contribution in [2.24, 2.45) is 0 Å².